The smallest absolute Gasteiger partial charge is 0.0927 e. The standard InChI is InChI=1S/C32H16N8.Hf.2H2O/c1-2-10-18-17(9-1)25-33-26(18)38-28-21-13-5-6-14-22(21)30(35-28)40-32-24-16-8-7-15-23(24)31(36-32)39-29-20-12-4-3-11-19(20)27(34-29)37-25;;;/h1-16H;;2*1H2/q-2;;;. The molecule has 0 fully saturated rings. The third-order valence-corrected chi connectivity index (χ3v) is 7.33. The van der Waals surface area contributed by atoms with Gasteiger partial charge in [-0.15, -0.1) is 0 Å². The Balaban J connectivity index is 0.00000110. The third kappa shape index (κ3) is 4.28. The molecule has 4 N–H and O–H groups in total. The molecule has 4 aromatic carbocycles. The molecule has 0 unspecified atom stereocenters. The van der Waals surface area contributed by atoms with Crippen LogP contribution in [-0.2, 0) is 25.8 Å². The SMILES string of the molecule is O.O.[Hf].c1ccc2c(c1)-c1nc-2nc2[n-]c(nc3nc(nc4[n-]c(n1)c1ccccc41)-c1ccccc1-3)c1ccccc21. The van der Waals surface area contributed by atoms with E-state index in [1.165, 1.54) is 0 Å². The van der Waals surface area contributed by atoms with Crippen molar-refractivity contribution >= 4 is 44.1 Å². The second-order valence-electron chi connectivity index (χ2n) is 9.67. The van der Waals surface area contributed by atoms with Crippen molar-refractivity contribution in [1.82, 2.24) is 39.9 Å². The molecule has 7 aromatic rings. The number of nitrogens with zero attached hydrogens (tertiary/aromatic N) is 8. The number of fused-ring (bicyclic) bond motifs is 20. The molecule has 5 heterocycles. The molecule has 0 aliphatic carbocycles. The predicted octanol–water partition coefficient (Wildman–Crippen LogP) is 4.48. The Morgan fingerprint density at radius 2 is 0.558 bits per heavy atom. The van der Waals surface area contributed by atoms with Crippen LogP contribution in [0.25, 0.3) is 89.7 Å². The first kappa shape index (κ1) is 28.2. The first-order valence-corrected chi connectivity index (χ1v) is 12.9. The van der Waals surface area contributed by atoms with Crippen molar-refractivity contribution in [2.75, 3.05) is 0 Å². The molecule has 9 rings (SSSR count). The van der Waals surface area contributed by atoms with E-state index in [2.05, 4.69) is 0 Å². The zero-order valence-electron chi connectivity index (χ0n) is 22.3. The van der Waals surface area contributed by atoms with Crippen molar-refractivity contribution in [3.8, 4) is 45.6 Å². The molecule has 0 saturated carbocycles. The summed E-state index contributed by atoms with van der Waals surface area (Å²) in [4.78, 5) is 39.3. The summed E-state index contributed by atoms with van der Waals surface area (Å²) in [6, 6.07) is 31.8. The summed E-state index contributed by atoms with van der Waals surface area (Å²) >= 11 is 0. The van der Waals surface area contributed by atoms with Crippen LogP contribution in [0.4, 0.5) is 0 Å². The largest absolute Gasteiger partial charge is 0.412 e. The van der Waals surface area contributed by atoms with Crippen molar-refractivity contribution in [2.24, 2.45) is 0 Å². The number of rotatable bonds is 0. The van der Waals surface area contributed by atoms with Crippen molar-refractivity contribution in [1.29, 1.82) is 0 Å². The molecule has 10 nitrogen and oxygen atoms in total. The van der Waals surface area contributed by atoms with Crippen LogP contribution in [-0.4, -0.2) is 40.9 Å². The number of hydrogen-bond acceptors (Lipinski definition) is 6. The van der Waals surface area contributed by atoms with Crippen LogP contribution in [0.15, 0.2) is 97.1 Å². The molecule has 0 amide bonds. The average molecular weight is 727 g/mol. The molecule has 2 aliphatic rings. The second kappa shape index (κ2) is 10.7. The summed E-state index contributed by atoms with van der Waals surface area (Å²) in [7, 11) is 0. The molecule has 206 valence electrons. The predicted molar refractivity (Wildman–Crippen MR) is 161 cm³/mol. The van der Waals surface area contributed by atoms with Gasteiger partial charge in [-0.25, -0.2) is 9.97 Å². The van der Waals surface area contributed by atoms with E-state index in [0.717, 1.165) is 43.8 Å². The minimum absolute atomic E-state index is 0. The van der Waals surface area contributed by atoms with E-state index in [1.807, 2.05) is 97.1 Å². The summed E-state index contributed by atoms with van der Waals surface area (Å²) in [5.74, 6) is 2.21. The first-order chi connectivity index (χ1) is 19.8. The third-order valence-electron chi connectivity index (χ3n) is 7.33. The van der Waals surface area contributed by atoms with Crippen LogP contribution in [0.1, 0.15) is 0 Å². The van der Waals surface area contributed by atoms with Crippen LogP contribution in [0.2, 0.25) is 0 Å². The summed E-state index contributed by atoms with van der Waals surface area (Å²) in [5, 5.41) is 3.57. The van der Waals surface area contributed by atoms with E-state index in [4.69, 9.17) is 39.9 Å². The molecule has 0 atom stereocenters. The summed E-state index contributed by atoms with van der Waals surface area (Å²) in [6.07, 6.45) is 0. The summed E-state index contributed by atoms with van der Waals surface area (Å²) < 4.78 is 0. The van der Waals surface area contributed by atoms with Gasteiger partial charge in [0.1, 0.15) is 0 Å². The Labute approximate surface area is 262 Å². The van der Waals surface area contributed by atoms with Crippen molar-refractivity contribution in [2.45, 2.75) is 0 Å². The van der Waals surface area contributed by atoms with E-state index in [9.17, 15) is 0 Å². The molecule has 0 saturated heterocycles. The Hall–Kier alpha value is -4.97. The minimum atomic E-state index is 0. The van der Waals surface area contributed by atoms with Gasteiger partial charge in [0, 0.05) is 70.7 Å². The zero-order valence-corrected chi connectivity index (χ0v) is 25.9. The van der Waals surface area contributed by atoms with Gasteiger partial charge < -0.3 is 40.9 Å². The topological polar surface area (TPSA) is 169 Å². The van der Waals surface area contributed by atoms with E-state index >= 15 is 0 Å². The maximum atomic E-state index is 4.95. The maximum Gasteiger partial charge on any atom is 0.0927 e. The molecule has 0 spiro atoms. The molecule has 8 bridgehead atoms. The first-order valence-electron chi connectivity index (χ1n) is 12.9. The van der Waals surface area contributed by atoms with Gasteiger partial charge in [-0.3, -0.25) is 0 Å². The van der Waals surface area contributed by atoms with Crippen LogP contribution in [0.5, 0.6) is 0 Å². The van der Waals surface area contributed by atoms with Gasteiger partial charge in [0.25, 0.3) is 0 Å². The second-order valence-corrected chi connectivity index (χ2v) is 9.67. The normalized spacial score (nSPS) is 11.2. The van der Waals surface area contributed by atoms with E-state index in [1.54, 1.807) is 0 Å². The quantitative estimate of drug-likeness (QED) is 0.206. The van der Waals surface area contributed by atoms with Crippen LogP contribution in [0, 0.1) is 0 Å². The van der Waals surface area contributed by atoms with Gasteiger partial charge in [0.05, 0.1) is 23.3 Å². The Bertz CT molecular complexity index is 2050. The van der Waals surface area contributed by atoms with Gasteiger partial charge >= 0.3 is 0 Å². The van der Waals surface area contributed by atoms with Gasteiger partial charge in [0.2, 0.25) is 0 Å². The average Bonchev–Trinajstić information content (AvgIpc) is 3.73. The van der Waals surface area contributed by atoms with Crippen LogP contribution in [0.3, 0.4) is 0 Å². The van der Waals surface area contributed by atoms with Crippen molar-refractivity contribution in [3.63, 3.8) is 0 Å². The molecule has 11 heteroatoms. The molecule has 2 aliphatic heterocycles. The van der Waals surface area contributed by atoms with Gasteiger partial charge in [-0.1, -0.05) is 97.1 Å². The number of benzene rings is 4. The van der Waals surface area contributed by atoms with Gasteiger partial charge in [-0.2, -0.15) is 0 Å². The monoisotopic (exact) mass is 728 g/mol. The molecule has 3 aromatic heterocycles. The van der Waals surface area contributed by atoms with Gasteiger partial charge in [-0.05, 0) is 21.5 Å². The van der Waals surface area contributed by atoms with E-state index < -0.39 is 0 Å². The van der Waals surface area contributed by atoms with E-state index in [0.29, 0.717) is 45.9 Å². The number of hydrogen-bond donors (Lipinski definition) is 0. The fraction of sp³-hybridized carbons (Fsp3) is 0. The Kier molecular flexibility index (Phi) is 7.01. The molecular weight excluding hydrogens is 707 g/mol. The Morgan fingerprint density at radius 1 is 0.326 bits per heavy atom. The number of aromatic nitrogens is 8. The summed E-state index contributed by atoms with van der Waals surface area (Å²) in [6.45, 7) is 0. The maximum absolute atomic E-state index is 4.95. The van der Waals surface area contributed by atoms with Gasteiger partial charge in [0.15, 0.2) is 0 Å². The minimum Gasteiger partial charge on any atom is -0.412 e. The fourth-order valence-electron chi connectivity index (χ4n) is 5.46. The molecular formula is C32H20HfN8O2-2. The van der Waals surface area contributed by atoms with Crippen LogP contribution < -0.4 is 9.97 Å². The zero-order chi connectivity index (χ0) is 26.2. The van der Waals surface area contributed by atoms with Crippen LogP contribution >= 0.6 is 0 Å². The summed E-state index contributed by atoms with van der Waals surface area (Å²) in [5.41, 5.74) is 5.78. The Morgan fingerprint density at radius 3 is 0.814 bits per heavy atom. The molecule has 43 heavy (non-hydrogen) atoms. The van der Waals surface area contributed by atoms with E-state index in [-0.39, 0.29) is 36.8 Å². The van der Waals surface area contributed by atoms with Crippen molar-refractivity contribution in [3.05, 3.63) is 97.1 Å². The fourth-order valence-corrected chi connectivity index (χ4v) is 5.46. The molecule has 0 radical (unpaired) electrons. The van der Waals surface area contributed by atoms with Crippen molar-refractivity contribution < 1.29 is 36.8 Å².